The molecule has 1 spiro atoms. The van der Waals surface area contributed by atoms with Crippen molar-refractivity contribution in [2.75, 3.05) is 25.6 Å². The van der Waals surface area contributed by atoms with E-state index in [-0.39, 0.29) is 5.91 Å². The average Bonchev–Trinajstić information content (AvgIpc) is 3.21. The summed E-state index contributed by atoms with van der Waals surface area (Å²) in [5.41, 5.74) is 3.05. The van der Waals surface area contributed by atoms with E-state index in [9.17, 15) is 4.79 Å². The summed E-state index contributed by atoms with van der Waals surface area (Å²) in [5.74, 6) is -0.806. The summed E-state index contributed by atoms with van der Waals surface area (Å²) in [7, 11) is 1.63. The Morgan fingerprint density at radius 1 is 1.17 bits per heavy atom. The minimum atomic E-state index is -1.32. The zero-order valence-electron chi connectivity index (χ0n) is 13.1. The highest BCUT2D eigenvalue weighted by molar-refractivity contribution is 6.04. The van der Waals surface area contributed by atoms with Crippen molar-refractivity contribution in [3.8, 4) is 5.75 Å². The number of methoxy groups -OCH3 is 1. The van der Waals surface area contributed by atoms with Crippen LogP contribution < -0.4 is 10.1 Å². The molecule has 0 saturated carbocycles. The van der Waals surface area contributed by atoms with E-state index in [0.29, 0.717) is 24.5 Å². The Hall–Kier alpha value is -2.70. The summed E-state index contributed by atoms with van der Waals surface area (Å²) in [5, 5.41) is 2.79. The molecule has 1 fully saturated rings. The number of hydrogen-bond donors (Lipinski definition) is 1. The second kappa shape index (κ2) is 5.74. The van der Waals surface area contributed by atoms with Crippen LogP contribution >= 0.6 is 0 Å². The lowest BCUT2D eigenvalue weighted by Crippen LogP contribution is -2.35. The summed E-state index contributed by atoms with van der Waals surface area (Å²) < 4.78 is 16.3. The van der Waals surface area contributed by atoms with E-state index >= 15 is 0 Å². The van der Waals surface area contributed by atoms with Crippen LogP contribution in [0, 0.1) is 0 Å². The van der Waals surface area contributed by atoms with Crippen LogP contribution in [0.5, 0.6) is 5.75 Å². The molecule has 24 heavy (non-hydrogen) atoms. The molecule has 0 radical (unpaired) electrons. The fourth-order valence-electron chi connectivity index (χ4n) is 2.86. The Kier molecular flexibility index (Phi) is 3.55. The normalized spacial score (nSPS) is 18.1. The van der Waals surface area contributed by atoms with Gasteiger partial charge in [-0.15, -0.1) is 0 Å². The molecule has 2 aliphatic rings. The largest absolute Gasteiger partial charge is 0.497 e. The molecular formula is C18H16N2O4. The molecule has 6 heteroatoms. The first kappa shape index (κ1) is 14.9. The maximum atomic E-state index is 12.2. The van der Waals surface area contributed by atoms with E-state index in [1.54, 1.807) is 13.3 Å². The van der Waals surface area contributed by atoms with Crippen LogP contribution in [-0.2, 0) is 20.1 Å². The van der Waals surface area contributed by atoms with Crippen molar-refractivity contribution in [3.63, 3.8) is 0 Å². The number of hydrogen-bond acceptors (Lipinski definition) is 5. The van der Waals surface area contributed by atoms with E-state index in [2.05, 4.69) is 10.3 Å². The second-order valence-corrected chi connectivity index (χ2v) is 5.53. The van der Waals surface area contributed by atoms with Gasteiger partial charge in [-0.1, -0.05) is 0 Å². The Morgan fingerprint density at radius 2 is 1.92 bits per heavy atom. The van der Waals surface area contributed by atoms with Gasteiger partial charge in [0.15, 0.2) is 0 Å². The maximum Gasteiger partial charge on any atom is 0.289 e. The van der Waals surface area contributed by atoms with E-state index < -0.39 is 5.79 Å². The minimum Gasteiger partial charge on any atom is -0.497 e. The monoisotopic (exact) mass is 324 g/mol. The molecule has 2 aromatic rings. The van der Waals surface area contributed by atoms with Crippen molar-refractivity contribution in [1.82, 2.24) is 0 Å². The number of carbonyl (C=O) groups excluding carboxylic acids is 1. The molecule has 0 aromatic heterocycles. The van der Waals surface area contributed by atoms with Crippen molar-refractivity contribution in [2.24, 2.45) is 4.99 Å². The van der Waals surface area contributed by atoms with Crippen LogP contribution in [0.25, 0.3) is 0 Å². The second-order valence-electron chi connectivity index (χ2n) is 5.53. The van der Waals surface area contributed by atoms with Gasteiger partial charge in [0.05, 0.1) is 31.7 Å². The first-order chi connectivity index (χ1) is 11.7. The molecule has 122 valence electrons. The number of rotatable bonds is 3. The van der Waals surface area contributed by atoms with Gasteiger partial charge in [0.1, 0.15) is 5.75 Å². The first-order valence-corrected chi connectivity index (χ1v) is 7.63. The lowest BCUT2D eigenvalue weighted by molar-refractivity contribution is -0.178. The van der Waals surface area contributed by atoms with Crippen LogP contribution in [0.4, 0.5) is 11.4 Å². The highest BCUT2D eigenvalue weighted by Crippen LogP contribution is 2.43. The number of ether oxygens (including phenoxy) is 3. The number of aliphatic imine (C=N–C) groups is 1. The third-order valence-corrected chi connectivity index (χ3v) is 4.08. The van der Waals surface area contributed by atoms with Crippen LogP contribution in [0.1, 0.15) is 11.1 Å². The smallest absolute Gasteiger partial charge is 0.289 e. The third kappa shape index (κ3) is 2.36. The number of amides is 1. The summed E-state index contributed by atoms with van der Waals surface area (Å²) >= 11 is 0. The van der Waals surface area contributed by atoms with E-state index in [0.717, 1.165) is 17.0 Å². The summed E-state index contributed by atoms with van der Waals surface area (Å²) in [6, 6.07) is 13.1. The molecule has 0 aliphatic carbocycles. The molecule has 2 heterocycles. The van der Waals surface area contributed by atoms with Gasteiger partial charge in [-0.05, 0) is 48.0 Å². The standard InChI is InChI=1S/C18H16N2O4/c1-22-14-5-2-12(3-6-14)11-19-13-4-7-16-15(10-13)18(17(21)20-16)23-8-9-24-18/h2-7,10-11H,8-9H2,1H3,(H,20,21). The molecule has 1 saturated heterocycles. The van der Waals surface area contributed by atoms with Crippen LogP contribution in [0.3, 0.4) is 0 Å². The zero-order valence-corrected chi connectivity index (χ0v) is 13.1. The van der Waals surface area contributed by atoms with Gasteiger partial charge in [0.2, 0.25) is 0 Å². The number of nitrogens with zero attached hydrogens (tertiary/aromatic N) is 1. The predicted molar refractivity (Wildman–Crippen MR) is 88.9 cm³/mol. The van der Waals surface area contributed by atoms with Crippen molar-refractivity contribution in [2.45, 2.75) is 5.79 Å². The number of carbonyl (C=O) groups is 1. The quantitative estimate of drug-likeness (QED) is 0.881. The first-order valence-electron chi connectivity index (χ1n) is 7.63. The number of benzene rings is 2. The molecule has 2 aliphatic heterocycles. The Balaban J connectivity index is 1.63. The number of nitrogens with one attached hydrogen (secondary N) is 1. The van der Waals surface area contributed by atoms with Gasteiger partial charge in [-0.3, -0.25) is 9.79 Å². The summed E-state index contributed by atoms with van der Waals surface area (Å²) in [6.07, 6.45) is 1.76. The van der Waals surface area contributed by atoms with Crippen molar-refractivity contribution >= 4 is 23.5 Å². The van der Waals surface area contributed by atoms with Crippen LogP contribution in [0.15, 0.2) is 47.5 Å². The highest BCUT2D eigenvalue weighted by atomic mass is 16.7. The molecule has 2 aromatic carbocycles. The van der Waals surface area contributed by atoms with Gasteiger partial charge < -0.3 is 19.5 Å². The Morgan fingerprint density at radius 3 is 2.62 bits per heavy atom. The lowest BCUT2D eigenvalue weighted by Gasteiger charge is -2.19. The van der Waals surface area contributed by atoms with E-state index in [1.165, 1.54) is 0 Å². The Bertz CT molecular complexity index is 808. The van der Waals surface area contributed by atoms with Gasteiger partial charge in [-0.25, -0.2) is 0 Å². The molecule has 0 atom stereocenters. The fourth-order valence-corrected chi connectivity index (χ4v) is 2.86. The van der Waals surface area contributed by atoms with Crippen molar-refractivity contribution in [1.29, 1.82) is 0 Å². The van der Waals surface area contributed by atoms with Gasteiger partial charge in [-0.2, -0.15) is 0 Å². The van der Waals surface area contributed by atoms with Crippen LogP contribution in [-0.4, -0.2) is 32.4 Å². The molecule has 0 unspecified atom stereocenters. The lowest BCUT2D eigenvalue weighted by atomic mass is 10.1. The number of fused-ring (bicyclic) bond motifs is 2. The molecule has 4 rings (SSSR count). The topological polar surface area (TPSA) is 69.1 Å². The van der Waals surface area contributed by atoms with Gasteiger partial charge in [0, 0.05) is 11.8 Å². The third-order valence-electron chi connectivity index (χ3n) is 4.08. The summed E-state index contributed by atoms with van der Waals surface area (Å²) in [6.45, 7) is 0.790. The SMILES string of the molecule is COc1ccc(C=Nc2ccc3c(c2)C2(OCCO2)C(=O)N3)cc1. The fraction of sp³-hybridized carbons (Fsp3) is 0.222. The summed E-state index contributed by atoms with van der Waals surface area (Å²) in [4.78, 5) is 16.7. The maximum absolute atomic E-state index is 12.2. The van der Waals surface area contributed by atoms with Crippen molar-refractivity contribution < 1.29 is 19.0 Å². The molecule has 0 bridgehead atoms. The van der Waals surface area contributed by atoms with Crippen LogP contribution in [0.2, 0.25) is 0 Å². The van der Waals surface area contributed by atoms with Gasteiger partial charge in [0.25, 0.3) is 11.7 Å². The van der Waals surface area contributed by atoms with E-state index in [1.807, 2.05) is 42.5 Å². The highest BCUT2D eigenvalue weighted by Gasteiger charge is 2.52. The minimum absolute atomic E-state index is 0.286. The predicted octanol–water partition coefficient (Wildman–Crippen LogP) is 2.60. The molecule has 6 nitrogen and oxygen atoms in total. The van der Waals surface area contributed by atoms with E-state index in [4.69, 9.17) is 14.2 Å². The zero-order chi connectivity index (χ0) is 16.6. The molecule has 1 N–H and O–H groups in total. The molecule has 1 amide bonds. The van der Waals surface area contributed by atoms with Gasteiger partial charge >= 0.3 is 0 Å². The average molecular weight is 324 g/mol. The Labute approximate surface area is 139 Å². The van der Waals surface area contributed by atoms with Crippen molar-refractivity contribution in [3.05, 3.63) is 53.6 Å². The number of anilines is 1. The molecular weight excluding hydrogens is 308 g/mol.